The summed E-state index contributed by atoms with van der Waals surface area (Å²) in [5.74, 6) is 0.0473. The van der Waals surface area contributed by atoms with Gasteiger partial charge >= 0.3 is 0 Å². The second kappa shape index (κ2) is 11.5. The Hall–Kier alpha value is -9.02. The van der Waals surface area contributed by atoms with Crippen molar-refractivity contribution in [2.45, 2.75) is 34.5 Å². The van der Waals surface area contributed by atoms with Gasteiger partial charge in [0.2, 0.25) is 0 Å². The molecule has 2 aromatic heterocycles. The molecule has 2 spiro atoms. The summed E-state index contributed by atoms with van der Waals surface area (Å²) >= 11 is 0. The van der Waals surface area contributed by atoms with Gasteiger partial charge in [0, 0.05) is 50.6 Å². The zero-order valence-electron chi connectivity index (χ0n) is 38.0. The van der Waals surface area contributed by atoms with Crippen molar-refractivity contribution in [1.82, 2.24) is 4.40 Å². The Labute approximate surface area is 408 Å². The molecular formula is C68H35N3. The number of nitrogens with zero attached hydrogens (tertiary/aromatic N) is 3. The van der Waals surface area contributed by atoms with E-state index >= 15 is 0 Å². The molecule has 322 valence electrons. The first kappa shape index (κ1) is 36.0. The fraction of sp³-hybridized carbons (Fsp3) is 0.0882. The van der Waals surface area contributed by atoms with E-state index in [2.05, 4.69) is 205 Å². The van der Waals surface area contributed by atoms with Gasteiger partial charge in [0.1, 0.15) is 0 Å². The van der Waals surface area contributed by atoms with Crippen LogP contribution in [0.2, 0.25) is 0 Å². The van der Waals surface area contributed by atoms with Gasteiger partial charge in [-0.1, -0.05) is 170 Å². The monoisotopic (exact) mass is 893 g/mol. The second-order valence-electron chi connectivity index (χ2n) is 21.3. The lowest BCUT2D eigenvalue weighted by molar-refractivity contribution is 0.333. The highest BCUT2D eigenvalue weighted by Gasteiger charge is 2.70. The molecule has 3 unspecified atom stereocenters. The fourth-order valence-electron chi connectivity index (χ4n) is 17.3. The molecule has 71 heavy (non-hydrogen) atoms. The lowest BCUT2D eigenvalue weighted by Crippen LogP contribution is -2.52. The van der Waals surface area contributed by atoms with E-state index in [4.69, 9.17) is 0 Å². The summed E-state index contributed by atoms with van der Waals surface area (Å²) < 4.78 is 2.53. The number of nitriles is 2. The fourth-order valence-corrected chi connectivity index (χ4v) is 17.3. The topological polar surface area (TPSA) is 52.0 Å². The standard InChI is InChI=1S/C68H35N3/c69-32-34-29-52-58(60-54(34)56-39-18-1-3-20-41(39)57(60)42-21-4-2-19-40(42)56)46-31-45-38-17-7-12-26-49(38)67(47-24-10-5-15-36(47)37-16-6-11-25-48(37)67)65(45)62-59-53(71(52)66(46)62)30-35(33-70)55-61(59)64-44-23-9-14-28-51(44)68(64)50-27-13-8-22-43(50)63(55)68/h1-31,56-57,63-64H. The van der Waals surface area contributed by atoms with Crippen LogP contribution in [0.25, 0.3) is 60.3 Å². The molecule has 0 aliphatic heterocycles. The summed E-state index contributed by atoms with van der Waals surface area (Å²) in [5, 5.41) is 28.2. The molecule has 0 N–H and O–H groups in total. The Morgan fingerprint density at radius 2 is 0.803 bits per heavy atom. The summed E-state index contributed by atoms with van der Waals surface area (Å²) in [5.41, 5.74) is 30.0. The van der Waals surface area contributed by atoms with E-state index in [9.17, 15) is 10.5 Å². The maximum absolute atomic E-state index is 11.6. The summed E-state index contributed by atoms with van der Waals surface area (Å²) in [6.45, 7) is 0. The van der Waals surface area contributed by atoms with Crippen molar-refractivity contribution in [3.05, 3.63) is 288 Å². The van der Waals surface area contributed by atoms with Gasteiger partial charge in [-0.3, -0.25) is 0 Å². The normalized spacial score (nSPS) is 21.4. The molecule has 0 saturated heterocycles. The summed E-state index contributed by atoms with van der Waals surface area (Å²) in [6.07, 6.45) is 0. The minimum absolute atomic E-state index is 0.0461. The third-order valence-electron chi connectivity index (χ3n) is 19.2. The van der Waals surface area contributed by atoms with Crippen LogP contribution in [0, 0.1) is 22.7 Å². The average Bonchev–Trinajstić information content (AvgIpc) is 4.25. The van der Waals surface area contributed by atoms with Crippen molar-refractivity contribution in [2.24, 2.45) is 0 Å². The van der Waals surface area contributed by atoms with Crippen molar-refractivity contribution in [2.75, 3.05) is 0 Å². The van der Waals surface area contributed by atoms with Gasteiger partial charge in [0.15, 0.2) is 0 Å². The number of fused-ring (bicyclic) bond motifs is 25. The van der Waals surface area contributed by atoms with Crippen LogP contribution in [0.15, 0.2) is 188 Å². The first-order chi connectivity index (χ1) is 35.2. The highest BCUT2D eigenvalue weighted by Crippen LogP contribution is 2.79. The van der Waals surface area contributed by atoms with Gasteiger partial charge in [-0.2, -0.15) is 10.5 Å². The van der Waals surface area contributed by atoms with Gasteiger partial charge in [-0.05, 0) is 129 Å². The van der Waals surface area contributed by atoms with E-state index < -0.39 is 5.41 Å². The lowest BCUT2D eigenvalue weighted by atomic mass is 9.43. The molecule has 0 saturated carbocycles. The van der Waals surface area contributed by atoms with Crippen molar-refractivity contribution in [3.63, 3.8) is 0 Å². The van der Waals surface area contributed by atoms with Gasteiger partial charge in [0.25, 0.3) is 0 Å². The minimum Gasteiger partial charge on any atom is -0.308 e. The van der Waals surface area contributed by atoms with Crippen LogP contribution in [0.5, 0.6) is 0 Å². The van der Waals surface area contributed by atoms with E-state index in [1.54, 1.807) is 0 Å². The zero-order chi connectivity index (χ0) is 46.0. The quantitative estimate of drug-likeness (QED) is 0.152. The van der Waals surface area contributed by atoms with Crippen LogP contribution in [0.4, 0.5) is 0 Å². The van der Waals surface area contributed by atoms with Crippen LogP contribution in [-0.2, 0) is 10.8 Å². The SMILES string of the molecule is N#Cc1cc2c(c3c1C1c4ccccc4C3c3ccccc31)c1cc3c(c4c5c6c(c(C#N)cc5n2c14)C1c2ccccc2C12c1ccccc1C62)C1(c2ccccc2-c2ccccc21)c1ccccc1-3. The Balaban J connectivity index is 1.08. The molecule has 0 radical (unpaired) electrons. The molecular weight excluding hydrogens is 859 g/mol. The number of rotatable bonds is 0. The third kappa shape index (κ3) is 3.45. The zero-order valence-corrected chi connectivity index (χ0v) is 38.0. The molecule has 3 atom stereocenters. The Bertz CT molecular complexity index is 4630. The van der Waals surface area contributed by atoms with Gasteiger partial charge < -0.3 is 4.40 Å². The molecule has 2 heterocycles. The average molecular weight is 894 g/mol. The molecule has 20 rings (SSSR count). The van der Waals surface area contributed by atoms with E-state index in [1.807, 2.05) is 0 Å². The minimum atomic E-state index is -0.615. The maximum atomic E-state index is 11.6. The molecule has 8 aliphatic rings. The van der Waals surface area contributed by atoms with E-state index in [0.29, 0.717) is 0 Å². The largest absolute Gasteiger partial charge is 0.308 e. The van der Waals surface area contributed by atoms with Gasteiger partial charge in [0.05, 0.1) is 45.2 Å². The number of hydrogen-bond acceptors (Lipinski definition) is 2. The van der Waals surface area contributed by atoms with E-state index in [-0.39, 0.29) is 29.1 Å². The first-order valence-corrected chi connectivity index (χ1v) is 25.1. The Morgan fingerprint density at radius 3 is 1.34 bits per heavy atom. The number of benzene rings is 10. The lowest BCUT2D eigenvalue weighted by Gasteiger charge is -2.58. The summed E-state index contributed by atoms with van der Waals surface area (Å²) in [7, 11) is 0. The summed E-state index contributed by atoms with van der Waals surface area (Å²) in [4.78, 5) is 0. The highest BCUT2D eigenvalue weighted by molar-refractivity contribution is 6.29. The maximum Gasteiger partial charge on any atom is 0.0995 e. The molecule has 10 aromatic carbocycles. The van der Waals surface area contributed by atoms with Crippen LogP contribution in [0.1, 0.15) is 124 Å². The van der Waals surface area contributed by atoms with Crippen LogP contribution in [-0.4, -0.2) is 4.40 Å². The first-order valence-electron chi connectivity index (χ1n) is 25.1. The Morgan fingerprint density at radius 1 is 0.380 bits per heavy atom. The second-order valence-corrected chi connectivity index (χ2v) is 21.3. The van der Waals surface area contributed by atoms with Crippen LogP contribution < -0.4 is 0 Å². The van der Waals surface area contributed by atoms with Crippen LogP contribution >= 0.6 is 0 Å². The molecule has 0 amide bonds. The van der Waals surface area contributed by atoms with Gasteiger partial charge in [-0.15, -0.1) is 0 Å². The molecule has 3 heteroatoms. The number of hydrogen-bond donors (Lipinski definition) is 0. The molecule has 0 fully saturated rings. The Kier molecular flexibility index (Phi) is 5.85. The number of aromatic nitrogens is 1. The molecule has 12 aromatic rings. The van der Waals surface area contributed by atoms with Crippen molar-refractivity contribution < 1.29 is 0 Å². The predicted octanol–water partition coefficient (Wildman–Crippen LogP) is 14.8. The van der Waals surface area contributed by atoms with Crippen molar-refractivity contribution in [1.29, 1.82) is 10.5 Å². The highest BCUT2D eigenvalue weighted by atomic mass is 14.9. The molecule has 3 nitrogen and oxygen atoms in total. The molecule has 2 bridgehead atoms. The van der Waals surface area contributed by atoms with Gasteiger partial charge in [-0.25, -0.2) is 0 Å². The predicted molar refractivity (Wildman–Crippen MR) is 279 cm³/mol. The van der Waals surface area contributed by atoms with E-state index in [1.165, 1.54) is 133 Å². The summed E-state index contributed by atoms with van der Waals surface area (Å²) in [6, 6.07) is 76.4. The van der Waals surface area contributed by atoms with Crippen LogP contribution in [0.3, 0.4) is 0 Å². The molecule has 8 aliphatic carbocycles. The van der Waals surface area contributed by atoms with Crippen molar-refractivity contribution >= 4 is 38.1 Å². The van der Waals surface area contributed by atoms with E-state index in [0.717, 1.165) is 27.7 Å². The smallest absolute Gasteiger partial charge is 0.0995 e. The third-order valence-corrected chi connectivity index (χ3v) is 19.2. The van der Waals surface area contributed by atoms with Crippen molar-refractivity contribution in [3.8, 4) is 34.4 Å².